The average Bonchev–Trinajstić information content (AvgIpc) is 3.26. The molecule has 0 aliphatic carbocycles. The highest BCUT2D eigenvalue weighted by Crippen LogP contribution is 2.30. The number of carbonyl (C=O) groups is 1. The van der Waals surface area contributed by atoms with Gasteiger partial charge in [-0.05, 0) is 25.1 Å². The lowest BCUT2D eigenvalue weighted by atomic mass is 10.2. The molecule has 31 heavy (non-hydrogen) atoms. The molecule has 0 unspecified atom stereocenters. The Morgan fingerprint density at radius 3 is 2.65 bits per heavy atom. The second kappa shape index (κ2) is 10.7. The molecule has 0 saturated carbocycles. The normalized spacial score (nSPS) is 14.5. The molecule has 3 heterocycles. The van der Waals surface area contributed by atoms with Gasteiger partial charge in [0.15, 0.2) is 0 Å². The largest absolute Gasteiger partial charge is 0.356 e. The van der Waals surface area contributed by atoms with Gasteiger partial charge in [0, 0.05) is 56.1 Å². The summed E-state index contributed by atoms with van der Waals surface area (Å²) in [5.74, 6) is 0.802. The summed E-state index contributed by atoms with van der Waals surface area (Å²) in [6.45, 7) is 5.45. The molecular formula is C22H25ClN6OS. The van der Waals surface area contributed by atoms with E-state index in [1.165, 1.54) is 11.3 Å². The summed E-state index contributed by atoms with van der Waals surface area (Å²) < 4.78 is 0. The van der Waals surface area contributed by atoms with Gasteiger partial charge in [0.2, 0.25) is 11.9 Å². The van der Waals surface area contributed by atoms with E-state index in [1.54, 1.807) is 12.4 Å². The number of halogens is 1. The monoisotopic (exact) mass is 456 g/mol. The summed E-state index contributed by atoms with van der Waals surface area (Å²) in [5, 5.41) is 6.45. The third kappa shape index (κ3) is 6.00. The number of nitrogens with one attached hydrogen (secondary N) is 1. The molecule has 1 aliphatic rings. The highest BCUT2D eigenvalue weighted by molar-refractivity contribution is 7.13. The fourth-order valence-electron chi connectivity index (χ4n) is 3.53. The summed E-state index contributed by atoms with van der Waals surface area (Å²) in [5.41, 5.74) is 1.68. The van der Waals surface area contributed by atoms with Crippen molar-refractivity contribution < 1.29 is 4.79 Å². The first-order valence-electron chi connectivity index (χ1n) is 10.4. The van der Waals surface area contributed by atoms with Crippen molar-refractivity contribution in [2.45, 2.75) is 12.8 Å². The Balaban J connectivity index is 1.14. The third-order valence-electron chi connectivity index (χ3n) is 5.18. The predicted molar refractivity (Wildman–Crippen MR) is 125 cm³/mol. The Hall–Kier alpha value is -2.55. The number of thiazole rings is 1. The van der Waals surface area contributed by atoms with Crippen LogP contribution in [0, 0.1) is 0 Å². The van der Waals surface area contributed by atoms with Crippen LogP contribution in [0.25, 0.3) is 10.6 Å². The molecule has 3 aromatic rings. The SMILES string of the molecule is O=C(Cc1csc(-c2ccccc2Cl)n1)NCCCN1CCN(c2ncccn2)CC1. The molecule has 1 aromatic carbocycles. The highest BCUT2D eigenvalue weighted by Gasteiger charge is 2.18. The zero-order valence-electron chi connectivity index (χ0n) is 17.2. The lowest BCUT2D eigenvalue weighted by Gasteiger charge is -2.34. The molecule has 0 radical (unpaired) electrons. The first-order valence-corrected chi connectivity index (χ1v) is 11.6. The summed E-state index contributed by atoms with van der Waals surface area (Å²) in [6, 6.07) is 9.45. The van der Waals surface area contributed by atoms with Crippen molar-refractivity contribution in [3.63, 3.8) is 0 Å². The molecular weight excluding hydrogens is 432 g/mol. The highest BCUT2D eigenvalue weighted by atomic mass is 35.5. The average molecular weight is 457 g/mol. The molecule has 0 atom stereocenters. The molecule has 1 fully saturated rings. The molecule has 4 rings (SSSR count). The molecule has 162 valence electrons. The Kier molecular flexibility index (Phi) is 7.45. The number of amides is 1. The fraction of sp³-hybridized carbons (Fsp3) is 0.364. The van der Waals surface area contributed by atoms with E-state index in [2.05, 4.69) is 30.1 Å². The lowest BCUT2D eigenvalue weighted by molar-refractivity contribution is -0.120. The van der Waals surface area contributed by atoms with Crippen molar-refractivity contribution >= 4 is 34.8 Å². The van der Waals surface area contributed by atoms with Crippen molar-refractivity contribution in [2.75, 3.05) is 44.2 Å². The number of hydrogen-bond acceptors (Lipinski definition) is 7. The number of hydrogen-bond donors (Lipinski definition) is 1. The molecule has 1 aliphatic heterocycles. The van der Waals surface area contributed by atoms with E-state index in [0.29, 0.717) is 11.6 Å². The van der Waals surface area contributed by atoms with Crippen LogP contribution in [0.3, 0.4) is 0 Å². The van der Waals surface area contributed by atoms with E-state index >= 15 is 0 Å². The molecule has 0 bridgehead atoms. The summed E-state index contributed by atoms with van der Waals surface area (Å²) >= 11 is 7.75. The maximum absolute atomic E-state index is 12.3. The van der Waals surface area contributed by atoms with Gasteiger partial charge in [0.1, 0.15) is 5.01 Å². The molecule has 7 nitrogen and oxygen atoms in total. The maximum atomic E-state index is 12.3. The first kappa shape index (κ1) is 21.7. The molecule has 1 saturated heterocycles. The summed E-state index contributed by atoms with van der Waals surface area (Å²) in [6.07, 6.45) is 4.77. The molecule has 1 amide bonds. The summed E-state index contributed by atoms with van der Waals surface area (Å²) in [4.78, 5) is 30.1. The van der Waals surface area contributed by atoms with Crippen LogP contribution in [0.4, 0.5) is 5.95 Å². The van der Waals surface area contributed by atoms with Gasteiger partial charge in [-0.15, -0.1) is 11.3 Å². The Morgan fingerprint density at radius 2 is 1.87 bits per heavy atom. The van der Waals surface area contributed by atoms with Crippen molar-refractivity contribution in [3.8, 4) is 10.6 Å². The number of nitrogens with zero attached hydrogens (tertiary/aromatic N) is 5. The second-order valence-corrected chi connectivity index (χ2v) is 8.65. The molecule has 9 heteroatoms. The zero-order valence-corrected chi connectivity index (χ0v) is 18.8. The number of piperazine rings is 1. The van der Waals surface area contributed by atoms with Gasteiger partial charge < -0.3 is 10.2 Å². The van der Waals surface area contributed by atoms with E-state index in [1.807, 2.05) is 35.7 Å². The standard InChI is InChI=1S/C22H25ClN6OS/c23-19-6-2-1-5-18(19)21-27-17(16-31-21)15-20(30)24-9-4-10-28-11-13-29(14-12-28)22-25-7-3-8-26-22/h1-3,5-8,16H,4,9-15H2,(H,24,30). The predicted octanol–water partition coefficient (Wildman–Crippen LogP) is 3.12. The van der Waals surface area contributed by atoms with Gasteiger partial charge in [0.25, 0.3) is 0 Å². The van der Waals surface area contributed by atoms with Gasteiger partial charge in [-0.3, -0.25) is 9.69 Å². The van der Waals surface area contributed by atoms with Crippen molar-refractivity contribution in [3.05, 3.63) is 58.8 Å². The lowest BCUT2D eigenvalue weighted by Crippen LogP contribution is -2.47. The molecule has 2 aromatic heterocycles. The van der Waals surface area contributed by atoms with Gasteiger partial charge in [-0.25, -0.2) is 15.0 Å². The van der Waals surface area contributed by atoms with E-state index in [0.717, 1.165) is 61.4 Å². The maximum Gasteiger partial charge on any atom is 0.226 e. The van der Waals surface area contributed by atoms with Gasteiger partial charge in [-0.2, -0.15) is 0 Å². The van der Waals surface area contributed by atoms with Crippen molar-refractivity contribution in [1.29, 1.82) is 0 Å². The van der Waals surface area contributed by atoms with Crippen LogP contribution >= 0.6 is 22.9 Å². The first-order chi connectivity index (χ1) is 15.2. The van der Waals surface area contributed by atoms with E-state index in [4.69, 9.17) is 11.6 Å². The van der Waals surface area contributed by atoms with Gasteiger partial charge >= 0.3 is 0 Å². The van der Waals surface area contributed by atoms with Crippen LogP contribution < -0.4 is 10.2 Å². The minimum Gasteiger partial charge on any atom is -0.356 e. The molecule has 0 spiro atoms. The summed E-state index contributed by atoms with van der Waals surface area (Å²) in [7, 11) is 0. The Labute approximate surface area is 191 Å². The number of aromatic nitrogens is 3. The minimum atomic E-state index is 0.00190. The minimum absolute atomic E-state index is 0.00190. The third-order valence-corrected chi connectivity index (χ3v) is 6.43. The number of carbonyl (C=O) groups excluding carboxylic acids is 1. The van der Waals surface area contributed by atoms with Crippen LogP contribution in [0.15, 0.2) is 48.1 Å². The molecule has 1 N–H and O–H groups in total. The van der Waals surface area contributed by atoms with Crippen LogP contribution in [-0.2, 0) is 11.2 Å². The van der Waals surface area contributed by atoms with Crippen LogP contribution in [0.5, 0.6) is 0 Å². The van der Waals surface area contributed by atoms with Gasteiger partial charge in [-0.1, -0.05) is 29.8 Å². The Morgan fingerprint density at radius 1 is 1.10 bits per heavy atom. The van der Waals surface area contributed by atoms with Gasteiger partial charge in [0.05, 0.1) is 17.1 Å². The second-order valence-electron chi connectivity index (χ2n) is 7.38. The number of benzene rings is 1. The van der Waals surface area contributed by atoms with Crippen molar-refractivity contribution in [1.82, 2.24) is 25.2 Å². The Bertz CT molecular complexity index is 990. The van der Waals surface area contributed by atoms with Crippen LogP contribution in [0.2, 0.25) is 5.02 Å². The van der Waals surface area contributed by atoms with E-state index in [-0.39, 0.29) is 12.3 Å². The fourth-order valence-corrected chi connectivity index (χ4v) is 4.67. The zero-order chi connectivity index (χ0) is 21.5. The smallest absolute Gasteiger partial charge is 0.226 e. The van der Waals surface area contributed by atoms with E-state index < -0.39 is 0 Å². The number of rotatable bonds is 8. The van der Waals surface area contributed by atoms with E-state index in [9.17, 15) is 4.79 Å². The number of anilines is 1. The van der Waals surface area contributed by atoms with Crippen LogP contribution in [0.1, 0.15) is 12.1 Å². The topological polar surface area (TPSA) is 74.2 Å². The van der Waals surface area contributed by atoms with Crippen LogP contribution in [-0.4, -0.2) is 65.0 Å². The van der Waals surface area contributed by atoms with Crippen molar-refractivity contribution in [2.24, 2.45) is 0 Å². The quantitative estimate of drug-likeness (QED) is 0.525.